The highest BCUT2D eigenvalue weighted by Crippen LogP contribution is 2.33. The first-order chi connectivity index (χ1) is 16.7. The van der Waals surface area contributed by atoms with Gasteiger partial charge in [0.1, 0.15) is 5.78 Å². The highest BCUT2D eigenvalue weighted by Gasteiger charge is 2.27. The number of halogens is 3. The molecule has 1 fully saturated rings. The number of aryl methyl sites for hydroxylation is 2. The summed E-state index contributed by atoms with van der Waals surface area (Å²) < 4.78 is 37.6. The third-order valence-corrected chi connectivity index (χ3v) is 7.51. The molecule has 0 unspecified atom stereocenters. The molecule has 4 rings (SSSR count). The SMILES string of the molecule is Cn1ncc(CC(=O)CC2CCC(CCN3CCc4ccc(CCC(F)(F)F)nc4CC3)CC2)n1. The maximum atomic E-state index is 12.5. The zero-order valence-electron chi connectivity index (χ0n) is 20.6. The number of hydrogen-bond donors (Lipinski definition) is 0. The third kappa shape index (κ3) is 8.12. The molecule has 2 aromatic heterocycles. The Morgan fingerprint density at radius 1 is 1.06 bits per heavy atom. The Balaban J connectivity index is 1.16. The van der Waals surface area contributed by atoms with Crippen molar-refractivity contribution in [2.24, 2.45) is 18.9 Å². The Kier molecular flexibility index (Phi) is 8.57. The summed E-state index contributed by atoms with van der Waals surface area (Å²) in [7, 11) is 1.76. The molecule has 6 nitrogen and oxygen atoms in total. The van der Waals surface area contributed by atoms with E-state index in [0.29, 0.717) is 30.4 Å². The summed E-state index contributed by atoms with van der Waals surface area (Å²) in [4.78, 5) is 20.9. The van der Waals surface area contributed by atoms with Crippen LogP contribution in [0.15, 0.2) is 18.3 Å². The molecule has 0 amide bonds. The average molecular weight is 492 g/mol. The molecule has 0 spiro atoms. The number of hydrogen-bond acceptors (Lipinski definition) is 5. The number of aromatic nitrogens is 4. The molecule has 192 valence electrons. The Labute approximate surface area is 205 Å². The third-order valence-electron chi connectivity index (χ3n) is 7.51. The fourth-order valence-electron chi connectivity index (χ4n) is 5.46. The van der Waals surface area contributed by atoms with E-state index in [2.05, 4.69) is 20.1 Å². The van der Waals surface area contributed by atoms with Gasteiger partial charge in [-0.05, 0) is 62.1 Å². The highest BCUT2D eigenvalue weighted by molar-refractivity contribution is 5.80. The monoisotopic (exact) mass is 491 g/mol. The topological polar surface area (TPSA) is 63.9 Å². The summed E-state index contributed by atoms with van der Waals surface area (Å²) in [6, 6.07) is 3.74. The number of ketones is 1. The smallest absolute Gasteiger partial charge is 0.303 e. The van der Waals surface area contributed by atoms with Gasteiger partial charge in [0, 0.05) is 50.8 Å². The molecule has 1 saturated carbocycles. The zero-order valence-corrected chi connectivity index (χ0v) is 20.6. The minimum atomic E-state index is -4.14. The largest absolute Gasteiger partial charge is 0.389 e. The Hall–Kier alpha value is -2.29. The number of rotatable bonds is 9. The van der Waals surface area contributed by atoms with Crippen LogP contribution in [0.1, 0.15) is 67.6 Å². The maximum Gasteiger partial charge on any atom is 0.389 e. The van der Waals surface area contributed by atoms with Crippen LogP contribution < -0.4 is 0 Å². The fraction of sp³-hybridized carbons (Fsp3) is 0.692. The molecule has 9 heteroatoms. The molecule has 0 N–H and O–H groups in total. The number of Topliss-reactive ketones (excluding diaryl/α,β-unsaturated/α-hetero) is 1. The van der Waals surface area contributed by atoms with Crippen molar-refractivity contribution in [3.63, 3.8) is 0 Å². The fourth-order valence-corrected chi connectivity index (χ4v) is 5.46. The van der Waals surface area contributed by atoms with Gasteiger partial charge in [-0.15, -0.1) is 0 Å². The Morgan fingerprint density at radius 2 is 1.80 bits per heavy atom. The zero-order chi connectivity index (χ0) is 24.8. The van der Waals surface area contributed by atoms with Crippen molar-refractivity contribution in [1.29, 1.82) is 0 Å². The second-order valence-electron chi connectivity index (χ2n) is 10.3. The molecule has 1 aliphatic carbocycles. The molecule has 0 bridgehead atoms. The molecule has 1 aliphatic heterocycles. The quantitative estimate of drug-likeness (QED) is 0.517. The summed E-state index contributed by atoms with van der Waals surface area (Å²) >= 11 is 0. The first-order valence-corrected chi connectivity index (χ1v) is 12.9. The number of nitrogens with zero attached hydrogens (tertiary/aromatic N) is 5. The van der Waals surface area contributed by atoms with Crippen molar-refractivity contribution >= 4 is 5.78 Å². The van der Waals surface area contributed by atoms with Gasteiger partial charge in [0.15, 0.2) is 0 Å². The average Bonchev–Trinajstić information content (AvgIpc) is 3.10. The van der Waals surface area contributed by atoms with E-state index >= 15 is 0 Å². The van der Waals surface area contributed by atoms with E-state index < -0.39 is 12.6 Å². The van der Waals surface area contributed by atoms with Crippen LogP contribution in [0.4, 0.5) is 13.2 Å². The molecule has 2 aromatic rings. The van der Waals surface area contributed by atoms with Crippen molar-refractivity contribution in [1.82, 2.24) is 24.9 Å². The number of carbonyl (C=O) groups is 1. The first kappa shape index (κ1) is 25.8. The second kappa shape index (κ2) is 11.6. The maximum absolute atomic E-state index is 12.5. The number of carbonyl (C=O) groups excluding carboxylic acids is 1. The molecular formula is C26H36F3N5O. The van der Waals surface area contributed by atoms with Crippen LogP contribution in [-0.2, 0) is 37.5 Å². The molecule has 35 heavy (non-hydrogen) atoms. The van der Waals surface area contributed by atoms with Crippen molar-refractivity contribution in [3.8, 4) is 0 Å². The van der Waals surface area contributed by atoms with Gasteiger partial charge in [0.2, 0.25) is 0 Å². The van der Waals surface area contributed by atoms with Crippen LogP contribution in [0.2, 0.25) is 0 Å². The number of alkyl halides is 3. The van der Waals surface area contributed by atoms with Crippen LogP contribution in [0.25, 0.3) is 0 Å². The van der Waals surface area contributed by atoms with E-state index in [0.717, 1.165) is 56.7 Å². The molecule has 0 aromatic carbocycles. The lowest BCUT2D eigenvalue weighted by atomic mass is 9.78. The van der Waals surface area contributed by atoms with E-state index in [1.54, 1.807) is 19.3 Å². The van der Waals surface area contributed by atoms with Gasteiger partial charge in [0.05, 0.1) is 18.3 Å². The normalized spacial score (nSPS) is 21.5. The summed E-state index contributed by atoms with van der Waals surface area (Å²) in [6.07, 6.45) is 5.16. The van der Waals surface area contributed by atoms with Gasteiger partial charge >= 0.3 is 6.18 Å². The predicted molar refractivity (Wildman–Crippen MR) is 127 cm³/mol. The molecule has 0 saturated heterocycles. The molecule has 0 atom stereocenters. The van der Waals surface area contributed by atoms with Crippen LogP contribution in [-0.4, -0.2) is 56.5 Å². The summed E-state index contributed by atoms with van der Waals surface area (Å²) in [6.45, 7) is 2.94. The molecular weight excluding hydrogens is 455 g/mol. The summed E-state index contributed by atoms with van der Waals surface area (Å²) in [5, 5.41) is 8.23. The van der Waals surface area contributed by atoms with Crippen LogP contribution in [0.5, 0.6) is 0 Å². The lowest BCUT2D eigenvalue weighted by Crippen LogP contribution is -2.29. The van der Waals surface area contributed by atoms with E-state index in [1.165, 1.54) is 29.6 Å². The van der Waals surface area contributed by atoms with Crippen molar-refractivity contribution < 1.29 is 18.0 Å². The standard InChI is InChI=1S/C26H36F3N5O/c1-33-30-18-23(32-33)17-24(35)16-20-4-2-19(3-5-20)9-13-34-14-10-21-6-7-22(8-12-26(27,28)29)31-25(21)11-15-34/h6-7,18-20H,2-5,8-17H2,1H3. The van der Waals surface area contributed by atoms with Crippen LogP contribution in [0, 0.1) is 11.8 Å². The predicted octanol–water partition coefficient (Wildman–Crippen LogP) is 4.50. The van der Waals surface area contributed by atoms with Gasteiger partial charge in [-0.2, -0.15) is 28.2 Å². The summed E-state index contributed by atoms with van der Waals surface area (Å²) in [5.41, 5.74) is 3.44. The lowest BCUT2D eigenvalue weighted by Gasteiger charge is -2.30. The van der Waals surface area contributed by atoms with Crippen LogP contribution >= 0.6 is 0 Å². The minimum Gasteiger partial charge on any atom is -0.303 e. The molecule has 3 heterocycles. The van der Waals surface area contributed by atoms with Gasteiger partial charge in [-0.1, -0.05) is 18.9 Å². The van der Waals surface area contributed by atoms with Crippen molar-refractivity contribution in [3.05, 3.63) is 41.0 Å². The molecule has 2 aliphatic rings. The molecule has 0 radical (unpaired) electrons. The second-order valence-corrected chi connectivity index (χ2v) is 10.3. The lowest BCUT2D eigenvalue weighted by molar-refractivity contribution is -0.134. The van der Waals surface area contributed by atoms with Crippen molar-refractivity contribution in [2.75, 3.05) is 19.6 Å². The van der Waals surface area contributed by atoms with E-state index in [-0.39, 0.29) is 12.2 Å². The van der Waals surface area contributed by atoms with E-state index in [1.807, 2.05) is 6.07 Å². The van der Waals surface area contributed by atoms with Gasteiger partial charge < -0.3 is 4.90 Å². The van der Waals surface area contributed by atoms with E-state index in [9.17, 15) is 18.0 Å². The van der Waals surface area contributed by atoms with Gasteiger partial charge in [0.25, 0.3) is 0 Å². The van der Waals surface area contributed by atoms with Crippen LogP contribution in [0.3, 0.4) is 0 Å². The van der Waals surface area contributed by atoms with Crippen molar-refractivity contribution in [2.45, 2.75) is 76.8 Å². The first-order valence-electron chi connectivity index (χ1n) is 12.9. The van der Waals surface area contributed by atoms with Gasteiger partial charge in [-0.25, -0.2) is 0 Å². The number of pyridine rings is 1. The number of fused-ring (bicyclic) bond motifs is 1. The minimum absolute atomic E-state index is 0.0465. The summed E-state index contributed by atoms with van der Waals surface area (Å²) in [5.74, 6) is 1.45. The Bertz CT molecular complexity index is 982. The highest BCUT2D eigenvalue weighted by atomic mass is 19.4. The van der Waals surface area contributed by atoms with E-state index in [4.69, 9.17) is 0 Å². The Morgan fingerprint density at radius 3 is 2.51 bits per heavy atom. The van der Waals surface area contributed by atoms with Gasteiger partial charge in [-0.3, -0.25) is 9.78 Å².